The average molecular weight is 343 g/mol. The molecule has 1 amide bonds. The average Bonchev–Trinajstić information content (AvgIpc) is 3.23. The Morgan fingerprint density at radius 3 is 2.79 bits per heavy atom. The number of carbonyl (C=O) groups excluding carboxylic acids is 1. The molecule has 2 aromatic heterocycles. The Morgan fingerprint density at radius 2 is 2.12 bits per heavy atom. The number of nitrogen functional groups attached to an aromatic ring is 1. The van der Waals surface area contributed by atoms with Crippen molar-refractivity contribution in [3.05, 3.63) is 52.3 Å². The van der Waals surface area contributed by atoms with Gasteiger partial charge in [-0.2, -0.15) is 4.68 Å². The summed E-state index contributed by atoms with van der Waals surface area (Å²) in [5.41, 5.74) is 6.85. The van der Waals surface area contributed by atoms with Crippen LogP contribution in [-0.4, -0.2) is 27.5 Å². The molecule has 0 saturated heterocycles. The lowest BCUT2D eigenvalue weighted by Crippen LogP contribution is -2.23. The van der Waals surface area contributed by atoms with Crippen LogP contribution in [0.15, 0.2) is 41.8 Å². The van der Waals surface area contributed by atoms with Crippen molar-refractivity contribution in [1.29, 1.82) is 0 Å². The van der Waals surface area contributed by atoms with Crippen LogP contribution >= 0.6 is 11.3 Å². The zero-order chi connectivity index (χ0) is 16.9. The Bertz CT molecular complexity index is 812. The summed E-state index contributed by atoms with van der Waals surface area (Å²) in [4.78, 5) is 13.3. The summed E-state index contributed by atoms with van der Waals surface area (Å²) in [6.07, 6.45) is 0. The first-order chi connectivity index (χ1) is 11.7. The molecule has 8 heteroatoms. The van der Waals surface area contributed by atoms with E-state index in [1.807, 2.05) is 48.7 Å². The van der Waals surface area contributed by atoms with Crippen molar-refractivity contribution in [2.75, 3.05) is 12.3 Å². The highest BCUT2D eigenvalue weighted by molar-refractivity contribution is 7.09. The minimum Gasteiger partial charge on any atom is -0.494 e. The van der Waals surface area contributed by atoms with Crippen LogP contribution in [0.4, 0.5) is 5.82 Å². The van der Waals surface area contributed by atoms with Gasteiger partial charge in [0.15, 0.2) is 11.5 Å². The van der Waals surface area contributed by atoms with Crippen LogP contribution in [-0.2, 0) is 6.54 Å². The molecule has 0 aliphatic heterocycles. The third-order valence-corrected chi connectivity index (χ3v) is 4.19. The summed E-state index contributed by atoms with van der Waals surface area (Å²) in [5, 5.41) is 12.6. The maximum atomic E-state index is 12.2. The van der Waals surface area contributed by atoms with E-state index in [9.17, 15) is 4.79 Å². The van der Waals surface area contributed by atoms with E-state index < -0.39 is 0 Å². The second-order valence-electron chi connectivity index (χ2n) is 4.92. The fourth-order valence-corrected chi connectivity index (χ4v) is 2.80. The quantitative estimate of drug-likeness (QED) is 0.716. The van der Waals surface area contributed by atoms with Crippen LogP contribution in [0.25, 0.3) is 5.69 Å². The van der Waals surface area contributed by atoms with E-state index in [0.29, 0.717) is 18.8 Å². The number of nitrogens with two attached hydrogens (primary N) is 1. The summed E-state index contributed by atoms with van der Waals surface area (Å²) >= 11 is 1.57. The molecule has 2 heterocycles. The zero-order valence-electron chi connectivity index (χ0n) is 13.1. The second kappa shape index (κ2) is 7.14. The van der Waals surface area contributed by atoms with Gasteiger partial charge in [-0.05, 0) is 42.6 Å². The SMILES string of the molecule is CCOc1ccc(-n2nnc(C(=O)NCc3cccs3)c2N)cc1. The highest BCUT2D eigenvalue weighted by Crippen LogP contribution is 2.19. The topological polar surface area (TPSA) is 95.1 Å². The first-order valence-corrected chi connectivity index (χ1v) is 8.32. The van der Waals surface area contributed by atoms with Crippen molar-refractivity contribution in [2.24, 2.45) is 0 Å². The molecule has 0 bridgehead atoms. The maximum Gasteiger partial charge on any atom is 0.276 e. The Labute approximate surface area is 143 Å². The molecule has 24 heavy (non-hydrogen) atoms. The summed E-state index contributed by atoms with van der Waals surface area (Å²) in [5.74, 6) is 0.606. The Hall–Kier alpha value is -2.87. The van der Waals surface area contributed by atoms with Crippen LogP contribution < -0.4 is 15.8 Å². The van der Waals surface area contributed by atoms with Crippen LogP contribution in [0.1, 0.15) is 22.3 Å². The molecular formula is C16H17N5O2S. The third-order valence-electron chi connectivity index (χ3n) is 3.32. The molecule has 7 nitrogen and oxygen atoms in total. The van der Waals surface area contributed by atoms with Gasteiger partial charge < -0.3 is 15.8 Å². The minimum atomic E-state index is -0.349. The Balaban J connectivity index is 1.74. The number of carbonyl (C=O) groups is 1. The van der Waals surface area contributed by atoms with Crippen LogP contribution in [0.5, 0.6) is 5.75 Å². The van der Waals surface area contributed by atoms with Gasteiger partial charge in [-0.1, -0.05) is 11.3 Å². The number of hydrogen-bond acceptors (Lipinski definition) is 6. The number of amides is 1. The molecule has 0 unspecified atom stereocenters. The van der Waals surface area contributed by atoms with E-state index in [1.54, 1.807) is 11.3 Å². The molecule has 0 radical (unpaired) electrons. The van der Waals surface area contributed by atoms with Gasteiger partial charge in [0.25, 0.3) is 5.91 Å². The van der Waals surface area contributed by atoms with E-state index in [2.05, 4.69) is 15.6 Å². The summed E-state index contributed by atoms with van der Waals surface area (Å²) in [6.45, 7) is 2.95. The number of benzene rings is 1. The van der Waals surface area contributed by atoms with E-state index >= 15 is 0 Å². The van der Waals surface area contributed by atoms with Gasteiger partial charge in [-0.3, -0.25) is 4.79 Å². The van der Waals surface area contributed by atoms with Gasteiger partial charge in [0.1, 0.15) is 5.75 Å². The summed E-state index contributed by atoms with van der Waals surface area (Å²) in [7, 11) is 0. The fraction of sp³-hybridized carbons (Fsp3) is 0.188. The lowest BCUT2D eigenvalue weighted by Gasteiger charge is -2.06. The molecule has 0 aliphatic rings. The molecule has 1 aromatic carbocycles. The Morgan fingerprint density at radius 1 is 1.33 bits per heavy atom. The van der Waals surface area contributed by atoms with E-state index in [0.717, 1.165) is 10.6 Å². The van der Waals surface area contributed by atoms with Crippen molar-refractivity contribution < 1.29 is 9.53 Å². The first kappa shape index (κ1) is 16.0. The van der Waals surface area contributed by atoms with E-state index in [1.165, 1.54) is 4.68 Å². The third kappa shape index (κ3) is 3.38. The first-order valence-electron chi connectivity index (χ1n) is 7.44. The molecule has 0 atom stereocenters. The highest BCUT2D eigenvalue weighted by atomic mass is 32.1. The molecule has 0 saturated carbocycles. The number of thiophene rings is 1. The fourth-order valence-electron chi connectivity index (χ4n) is 2.16. The minimum absolute atomic E-state index is 0.112. The van der Waals surface area contributed by atoms with E-state index in [-0.39, 0.29) is 17.4 Å². The molecule has 3 rings (SSSR count). The van der Waals surface area contributed by atoms with Crippen LogP contribution in [0.2, 0.25) is 0 Å². The normalized spacial score (nSPS) is 10.5. The van der Waals surface area contributed by atoms with Crippen LogP contribution in [0.3, 0.4) is 0 Å². The number of ether oxygens (including phenoxy) is 1. The lowest BCUT2D eigenvalue weighted by atomic mass is 10.3. The molecular weight excluding hydrogens is 326 g/mol. The molecule has 0 spiro atoms. The second-order valence-corrected chi connectivity index (χ2v) is 5.96. The lowest BCUT2D eigenvalue weighted by molar-refractivity contribution is 0.0947. The maximum absolute atomic E-state index is 12.2. The van der Waals surface area contributed by atoms with Crippen LogP contribution in [0, 0.1) is 0 Å². The standard InChI is InChI=1S/C16H17N5O2S/c1-2-23-12-7-5-11(6-8-12)21-15(17)14(19-20-21)16(22)18-10-13-4-3-9-24-13/h3-9H,2,10,17H2,1H3,(H,18,22). The number of nitrogens with one attached hydrogen (secondary N) is 1. The number of anilines is 1. The molecule has 0 fully saturated rings. The molecule has 3 aromatic rings. The van der Waals surface area contributed by atoms with Gasteiger partial charge in [-0.25, -0.2) is 0 Å². The monoisotopic (exact) mass is 343 g/mol. The summed E-state index contributed by atoms with van der Waals surface area (Å²) < 4.78 is 6.82. The number of nitrogens with zero attached hydrogens (tertiary/aromatic N) is 3. The predicted molar refractivity (Wildman–Crippen MR) is 92.4 cm³/mol. The van der Waals surface area contributed by atoms with Crippen molar-refractivity contribution in [2.45, 2.75) is 13.5 Å². The smallest absolute Gasteiger partial charge is 0.276 e. The highest BCUT2D eigenvalue weighted by Gasteiger charge is 2.18. The van der Waals surface area contributed by atoms with Gasteiger partial charge in [0.2, 0.25) is 0 Å². The van der Waals surface area contributed by atoms with Gasteiger partial charge in [-0.15, -0.1) is 16.4 Å². The summed E-state index contributed by atoms with van der Waals surface area (Å²) in [6, 6.07) is 11.1. The van der Waals surface area contributed by atoms with Crippen molar-refractivity contribution in [3.8, 4) is 11.4 Å². The Kier molecular flexibility index (Phi) is 4.76. The molecule has 0 aliphatic carbocycles. The molecule has 124 valence electrons. The van der Waals surface area contributed by atoms with Gasteiger partial charge in [0, 0.05) is 4.88 Å². The van der Waals surface area contributed by atoms with Crippen molar-refractivity contribution in [1.82, 2.24) is 20.3 Å². The number of aromatic nitrogens is 3. The molecule has 3 N–H and O–H groups in total. The number of hydrogen-bond donors (Lipinski definition) is 2. The van der Waals surface area contributed by atoms with Gasteiger partial charge >= 0.3 is 0 Å². The predicted octanol–water partition coefficient (Wildman–Crippen LogP) is 2.24. The number of rotatable bonds is 6. The van der Waals surface area contributed by atoms with Crippen molar-refractivity contribution in [3.63, 3.8) is 0 Å². The largest absolute Gasteiger partial charge is 0.494 e. The van der Waals surface area contributed by atoms with Gasteiger partial charge in [0.05, 0.1) is 18.8 Å². The van der Waals surface area contributed by atoms with E-state index in [4.69, 9.17) is 10.5 Å². The zero-order valence-corrected chi connectivity index (χ0v) is 13.9. The van der Waals surface area contributed by atoms with Crippen molar-refractivity contribution >= 4 is 23.1 Å².